The fourth-order valence-electron chi connectivity index (χ4n) is 5.89. The zero-order valence-corrected chi connectivity index (χ0v) is 22.2. The predicted octanol–water partition coefficient (Wildman–Crippen LogP) is 6.49. The summed E-state index contributed by atoms with van der Waals surface area (Å²) >= 11 is 3.73. The van der Waals surface area contributed by atoms with E-state index < -0.39 is 0 Å². The summed E-state index contributed by atoms with van der Waals surface area (Å²) in [6, 6.07) is 14.8. The van der Waals surface area contributed by atoms with Gasteiger partial charge in [-0.2, -0.15) is 0 Å². The van der Waals surface area contributed by atoms with Gasteiger partial charge >= 0.3 is 0 Å². The van der Waals surface area contributed by atoms with Crippen LogP contribution in [0.15, 0.2) is 46.9 Å². The van der Waals surface area contributed by atoms with Crippen LogP contribution in [0.1, 0.15) is 51.2 Å². The minimum atomic E-state index is 0.0344. The highest BCUT2D eigenvalue weighted by Gasteiger charge is 2.50. The van der Waals surface area contributed by atoms with E-state index in [9.17, 15) is 0 Å². The molecular formula is C28H38BrNO3. The third kappa shape index (κ3) is 5.26. The number of ether oxygens (including phenoxy) is 3. The molecule has 0 aromatic heterocycles. The zero-order chi connectivity index (χ0) is 23.6. The van der Waals surface area contributed by atoms with Gasteiger partial charge in [0.1, 0.15) is 6.23 Å². The highest BCUT2D eigenvalue weighted by atomic mass is 79.9. The molecule has 1 saturated heterocycles. The van der Waals surface area contributed by atoms with E-state index in [1.807, 2.05) is 6.07 Å². The van der Waals surface area contributed by atoms with Crippen molar-refractivity contribution in [3.05, 3.63) is 58.1 Å². The summed E-state index contributed by atoms with van der Waals surface area (Å²) in [4.78, 5) is 2.63. The molecule has 4 nitrogen and oxygen atoms in total. The molecule has 0 N–H and O–H groups in total. The van der Waals surface area contributed by atoms with E-state index in [0.717, 1.165) is 43.2 Å². The van der Waals surface area contributed by atoms with Crippen molar-refractivity contribution in [3.63, 3.8) is 0 Å². The van der Waals surface area contributed by atoms with Crippen LogP contribution in [0.2, 0.25) is 0 Å². The fourth-order valence-corrected chi connectivity index (χ4v) is 6.37. The summed E-state index contributed by atoms with van der Waals surface area (Å²) in [7, 11) is 3.37. The Morgan fingerprint density at radius 1 is 1.06 bits per heavy atom. The van der Waals surface area contributed by atoms with E-state index in [4.69, 9.17) is 14.2 Å². The molecular weight excluding hydrogens is 478 g/mol. The molecule has 0 radical (unpaired) electrons. The molecule has 0 unspecified atom stereocenters. The van der Waals surface area contributed by atoms with Gasteiger partial charge in [-0.3, -0.25) is 4.90 Å². The molecule has 0 amide bonds. The zero-order valence-electron chi connectivity index (χ0n) is 20.6. The summed E-state index contributed by atoms with van der Waals surface area (Å²) in [5, 5.41) is 0. The van der Waals surface area contributed by atoms with Gasteiger partial charge in [0, 0.05) is 28.9 Å². The number of fused-ring (bicyclic) bond motifs is 1. The van der Waals surface area contributed by atoms with Gasteiger partial charge in [-0.1, -0.05) is 53.5 Å². The first-order valence-electron chi connectivity index (χ1n) is 12.2. The molecule has 2 aromatic rings. The quantitative estimate of drug-likeness (QED) is 0.421. The van der Waals surface area contributed by atoms with Crippen LogP contribution in [0.5, 0.6) is 11.5 Å². The number of nitrogens with zero attached hydrogens (tertiary/aromatic N) is 1. The van der Waals surface area contributed by atoms with Crippen molar-refractivity contribution in [1.29, 1.82) is 0 Å². The Balaban J connectivity index is 1.61. The topological polar surface area (TPSA) is 30.9 Å². The molecule has 1 saturated carbocycles. The van der Waals surface area contributed by atoms with Crippen molar-refractivity contribution in [1.82, 2.24) is 4.90 Å². The monoisotopic (exact) mass is 515 g/mol. The first-order valence-corrected chi connectivity index (χ1v) is 13.0. The van der Waals surface area contributed by atoms with Gasteiger partial charge in [-0.25, -0.2) is 0 Å². The second-order valence-electron chi connectivity index (χ2n) is 10.2. The largest absolute Gasteiger partial charge is 0.493 e. The molecule has 0 bridgehead atoms. The van der Waals surface area contributed by atoms with Crippen molar-refractivity contribution >= 4 is 15.9 Å². The number of methoxy groups -OCH3 is 2. The summed E-state index contributed by atoms with van der Waals surface area (Å²) in [5.41, 5.74) is 2.63. The SMILES string of the molecule is COc1ccc(C[C@H]2O[C@H]3C[C@@H](C)CC[C@@H]3C(C)(C)N2CCc2ccccc2Br)cc1OC. The van der Waals surface area contributed by atoms with Gasteiger partial charge in [0.25, 0.3) is 0 Å². The molecule has 1 heterocycles. The molecule has 5 heteroatoms. The van der Waals surface area contributed by atoms with Crippen LogP contribution >= 0.6 is 15.9 Å². The summed E-state index contributed by atoms with van der Waals surface area (Å²) in [6.45, 7) is 8.21. The Bertz CT molecular complexity index is 946. The Hall–Kier alpha value is -1.56. The maximum Gasteiger partial charge on any atom is 0.160 e. The predicted molar refractivity (Wildman–Crippen MR) is 137 cm³/mol. The van der Waals surface area contributed by atoms with Crippen LogP contribution in [0, 0.1) is 11.8 Å². The lowest BCUT2D eigenvalue weighted by Gasteiger charge is -2.57. The van der Waals surface area contributed by atoms with E-state index in [-0.39, 0.29) is 11.8 Å². The van der Waals surface area contributed by atoms with Crippen LogP contribution < -0.4 is 9.47 Å². The molecule has 2 aromatic carbocycles. The second kappa shape index (κ2) is 10.4. The van der Waals surface area contributed by atoms with Gasteiger partial charge in [-0.15, -0.1) is 0 Å². The Kier molecular flexibility index (Phi) is 7.72. The van der Waals surface area contributed by atoms with Crippen LogP contribution in [-0.2, 0) is 17.6 Å². The Morgan fingerprint density at radius 3 is 2.55 bits per heavy atom. The molecule has 2 aliphatic rings. The van der Waals surface area contributed by atoms with Gasteiger partial charge in [0.15, 0.2) is 11.5 Å². The van der Waals surface area contributed by atoms with Crippen molar-refractivity contribution in [2.24, 2.45) is 11.8 Å². The maximum atomic E-state index is 6.90. The van der Waals surface area contributed by atoms with Crippen LogP contribution in [0.3, 0.4) is 0 Å². The van der Waals surface area contributed by atoms with Gasteiger partial charge in [-0.05, 0) is 68.4 Å². The molecule has 180 valence electrons. The van der Waals surface area contributed by atoms with Crippen LogP contribution in [0.4, 0.5) is 0 Å². The van der Waals surface area contributed by atoms with E-state index in [0.29, 0.717) is 12.0 Å². The van der Waals surface area contributed by atoms with Gasteiger partial charge < -0.3 is 14.2 Å². The summed E-state index contributed by atoms with van der Waals surface area (Å²) in [6.07, 6.45) is 5.89. The highest BCUT2D eigenvalue weighted by molar-refractivity contribution is 9.10. The van der Waals surface area contributed by atoms with E-state index >= 15 is 0 Å². The Morgan fingerprint density at radius 2 is 1.82 bits per heavy atom. The minimum Gasteiger partial charge on any atom is -0.493 e. The lowest BCUT2D eigenvalue weighted by Crippen LogP contribution is -2.65. The number of benzene rings is 2. The third-order valence-corrected chi connectivity index (χ3v) is 8.59. The average Bonchev–Trinajstić information content (AvgIpc) is 2.79. The number of hydrogen-bond donors (Lipinski definition) is 0. The van der Waals surface area contributed by atoms with Gasteiger partial charge in [0.05, 0.1) is 20.3 Å². The normalized spacial score (nSPS) is 27.1. The third-order valence-electron chi connectivity index (χ3n) is 7.82. The molecule has 33 heavy (non-hydrogen) atoms. The first-order chi connectivity index (χ1) is 15.8. The minimum absolute atomic E-state index is 0.0344. The standard InChI is InChI=1S/C28H38BrNO3/c1-19-10-12-22-25(16-19)33-27(18-20-11-13-24(31-4)26(17-20)32-5)30(28(22,2)3)15-14-21-8-6-7-9-23(21)29/h6-9,11,13,17,19,22,25,27H,10,12,14-16,18H2,1-5H3/t19-,22-,25-,27+/m0/s1. The summed E-state index contributed by atoms with van der Waals surface area (Å²) < 4.78 is 19.1. The first kappa shape index (κ1) is 24.6. The van der Waals surface area contributed by atoms with E-state index in [1.165, 1.54) is 28.4 Å². The van der Waals surface area contributed by atoms with Gasteiger partial charge in [0.2, 0.25) is 0 Å². The van der Waals surface area contributed by atoms with Crippen LogP contribution in [0.25, 0.3) is 0 Å². The smallest absolute Gasteiger partial charge is 0.160 e. The molecule has 1 aliphatic carbocycles. The van der Waals surface area contributed by atoms with E-state index in [2.05, 4.69) is 78.0 Å². The van der Waals surface area contributed by atoms with Crippen LogP contribution in [-0.4, -0.2) is 43.5 Å². The number of halogens is 1. The lowest BCUT2D eigenvalue weighted by molar-refractivity contribution is -0.232. The maximum absolute atomic E-state index is 6.90. The van der Waals surface area contributed by atoms with Crippen molar-refractivity contribution < 1.29 is 14.2 Å². The Labute approximate surface area is 207 Å². The van der Waals surface area contributed by atoms with Crippen molar-refractivity contribution in [3.8, 4) is 11.5 Å². The molecule has 4 rings (SSSR count). The van der Waals surface area contributed by atoms with Crippen molar-refractivity contribution in [2.75, 3.05) is 20.8 Å². The second-order valence-corrected chi connectivity index (χ2v) is 11.1. The molecule has 1 aliphatic heterocycles. The number of hydrogen-bond acceptors (Lipinski definition) is 4. The molecule has 0 spiro atoms. The lowest BCUT2D eigenvalue weighted by atomic mass is 9.69. The summed E-state index contributed by atoms with van der Waals surface area (Å²) in [5.74, 6) is 2.83. The average molecular weight is 517 g/mol. The number of rotatable bonds is 7. The molecule has 4 atom stereocenters. The fraction of sp³-hybridized carbons (Fsp3) is 0.571. The molecule has 2 fully saturated rings. The van der Waals surface area contributed by atoms with E-state index in [1.54, 1.807) is 14.2 Å². The highest BCUT2D eigenvalue weighted by Crippen LogP contribution is 2.45. The van der Waals surface area contributed by atoms with Crippen molar-refractivity contribution in [2.45, 2.75) is 70.7 Å².